The van der Waals surface area contributed by atoms with Crippen molar-refractivity contribution in [1.82, 2.24) is 0 Å². The second-order valence-electron chi connectivity index (χ2n) is 3.74. The second kappa shape index (κ2) is 5.70. The van der Waals surface area contributed by atoms with Gasteiger partial charge < -0.3 is 4.55 Å². The summed E-state index contributed by atoms with van der Waals surface area (Å²) >= 11 is -1.89. The van der Waals surface area contributed by atoms with Gasteiger partial charge in [0.25, 0.3) is 0 Å². The van der Waals surface area contributed by atoms with Crippen molar-refractivity contribution in [3.63, 3.8) is 0 Å². The molecule has 0 spiro atoms. The Kier molecular flexibility index (Phi) is 7.58. The molecule has 0 fully saturated rings. The van der Waals surface area contributed by atoms with E-state index in [9.17, 15) is 8.76 Å². The van der Waals surface area contributed by atoms with Gasteiger partial charge in [-0.25, -0.2) is 0 Å². The SMILES string of the molecule is CC(CS(=O)[O-])C(C)(C)C.[Na+]. The molecular formula is C7H15NaO2S. The molecule has 0 bridgehead atoms. The van der Waals surface area contributed by atoms with E-state index in [0.29, 0.717) is 0 Å². The van der Waals surface area contributed by atoms with E-state index in [2.05, 4.69) is 0 Å². The van der Waals surface area contributed by atoms with Gasteiger partial charge in [-0.15, -0.1) is 0 Å². The Morgan fingerprint density at radius 3 is 1.91 bits per heavy atom. The summed E-state index contributed by atoms with van der Waals surface area (Å²) in [6, 6.07) is 0. The summed E-state index contributed by atoms with van der Waals surface area (Å²) in [5.41, 5.74) is 0.0973. The molecule has 0 rings (SSSR count). The molecule has 0 aromatic carbocycles. The van der Waals surface area contributed by atoms with Crippen LogP contribution in [-0.2, 0) is 11.1 Å². The fourth-order valence-electron chi connectivity index (χ4n) is 0.454. The molecule has 0 N–H and O–H groups in total. The zero-order valence-corrected chi connectivity index (χ0v) is 10.8. The van der Waals surface area contributed by atoms with E-state index in [1.807, 2.05) is 27.7 Å². The van der Waals surface area contributed by atoms with Crippen molar-refractivity contribution in [2.24, 2.45) is 11.3 Å². The van der Waals surface area contributed by atoms with Crippen molar-refractivity contribution in [3.05, 3.63) is 0 Å². The zero-order chi connectivity index (χ0) is 8.36. The first-order valence-corrected chi connectivity index (χ1v) is 4.64. The third-order valence-corrected chi connectivity index (χ3v) is 2.64. The van der Waals surface area contributed by atoms with Gasteiger partial charge in [-0.3, -0.25) is 4.21 Å². The molecule has 4 heteroatoms. The Morgan fingerprint density at radius 1 is 1.45 bits per heavy atom. The molecule has 0 amide bonds. The van der Waals surface area contributed by atoms with E-state index < -0.39 is 11.1 Å². The summed E-state index contributed by atoms with van der Waals surface area (Å²) in [5.74, 6) is 0.495. The van der Waals surface area contributed by atoms with Crippen LogP contribution in [0.25, 0.3) is 0 Å². The van der Waals surface area contributed by atoms with Crippen molar-refractivity contribution in [2.45, 2.75) is 27.7 Å². The van der Waals surface area contributed by atoms with Crippen LogP contribution in [0, 0.1) is 11.3 Å². The summed E-state index contributed by atoms with van der Waals surface area (Å²) in [6.07, 6.45) is 0. The molecule has 0 aromatic rings. The summed E-state index contributed by atoms with van der Waals surface area (Å²) in [5, 5.41) is 0. The zero-order valence-electron chi connectivity index (χ0n) is 8.01. The van der Waals surface area contributed by atoms with Gasteiger partial charge in [-0.1, -0.05) is 38.8 Å². The maximum atomic E-state index is 10.3. The van der Waals surface area contributed by atoms with Crippen LogP contribution in [-0.4, -0.2) is 14.5 Å². The van der Waals surface area contributed by atoms with Crippen molar-refractivity contribution >= 4 is 11.1 Å². The molecule has 0 aliphatic carbocycles. The number of hydrogen-bond donors (Lipinski definition) is 0. The predicted octanol–water partition coefficient (Wildman–Crippen LogP) is -1.45. The Balaban J connectivity index is 0. The van der Waals surface area contributed by atoms with E-state index in [1.54, 1.807) is 0 Å². The average Bonchev–Trinajstić information content (AvgIpc) is 1.60. The molecule has 0 aliphatic rings. The van der Waals surface area contributed by atoms with E-state index >= 15 is 0 Å². The molecule has 2 atom stereocenters. The first-order chi connectivity index (χ1) is 4.34. The van der Waals surface area contributed by atoms with Gasteiger partial charge in [0.05, 0.1) is 0 Å². The van der Waals surface area contributed by atoms with Crippen LogP contribution in [0.3, 0.4) is 0 Å². The first kappa shape index (κ1) is 14.6. The fourth-order valence-corrected chi connectivity index (χ4v) is 1.36. The smallest absolute Gasteiger partial charge is 0.772 e. The summed E-state index contributed by atoms with van der Waals surface area (Å²) in [7, 11) is 0. The first-order valence-electron chi connectivity index (χ1n) is 3.40. The van der Waals surface area contributed by atoms with Gasteiger partial charge in [0, 0.05) is 5.75 Å². The van der Waals surface area contributed by atoms with Gasteiger partial charge in [0.2, 0.25) is 0 Å². The second-order valence-corrected chi connectivity index (χ2v) is 4.68. The Hall–Kier alpha value is 1.11. The Labute approximate surface area is 93.7 Å². The minimum absolute atomic E-state index is 0. The molecular weight excluding hydrogens is 171 g/mol. The van der Waals surface area contributed by atoms with Crippen molar-refractivity contribution in [3.8, 4) is 0 Å². The van der Waals surface area contributed by atoms with Crippen molar-refractivity contribution in [2.75, 3.05) is 5.75 Å². The third-order valence-electron chi connectivity index (χ3n) is 1.86. The maximum absolute atomic E-state index is 10.3. The Morgan fingerprint density at radius 2 is 1.82 bits per heavy atom. The summed E-state index contributed by atoms with van der Waals surface area (Å²) < 4.78 is 20.5. The quantitative estimate of drug-likeness (QED) is 0.391. The van der Waals surface area contributed by atoms with Crippen LogP contribution >= 0.6 is 0 Å². The standard InChI is InChI=1S/C7H16O2S.Na/c1-6(5-10(8)9)7(2,3)4;/h6H,5H2,1-4H3,(H,8,9);/q;+1/p-1. The van der Waals surface area contributed by atoms with Gasteiger partial charge in [0.15, 0.2) is 0 Å². The van der Waals surface area contributed by atoms with E-state index in [0.717, 1.165) is 0 Å². The molecule has 2 nitrogen and oxygen atoms in total. The molecule has 0 heterocycles. The monoisotopic (exact) mass is 186 g/mol. The van der Waals surface area contributed by atoms with Gasteiger partial charge in [-0.05, 0) is 11.3 Å². The van der Waals surface area contributed by atoms with Crippen LogP contribution in [0.15, 0.2) is 0 Å². The van der Waals surface area contributed by atoms with E-state index in [4.69, 9.17) is 0 Å². The molecule has 11 heavy (non-hydrogen) atoms. The fraction of sp³-hybridized carbons (Fsp3) is 1.00. The van der Waals surface area contributed by atoms with Gasteiger partial charge in [-0.2, -0.15) is 0 Å². The van der Waals surface area contributed by atoms with Crippen LogP contribution in [0.2, 0.25) is 0 Å². The maximum Gasteiger partial charge on any atom is 1.00 e. The predicted molar refractivity (Wildman–Crippen MR) is 42.4 cm³/mol. The van der Waals surface area contributed by atoms with Crippen LogP contribution in [0.5, 0.6) is 0 Å². The number of hydrogen-bond acceptors (Lipinski definition) is 2. The minimum atomic E-state index is -1.89. The molecule has 0 saturated heterocycles. The molecule has 0 aromatic heterocycles. The normalized spacial score (nSPS) is 16.8. The van der Waals surface area contributed by atoms with Crippen LogP contribution in [0.1, 0.15) is 27.7 Å². The van der Waals surface area contributed by atoms with Crippen molar-refractivity contribution in [1.29, 1.82) is 0 Å². The van der Waals surface area contributed by atoms with Gasteiger partial charge >= 0.3 is 29.6 Å². The molecule has 0 radical (unpaired) electrons. The molecule has 0 aliphatic heterocycles. The number of rotatable bonds is 2. The largest absolute Gasteiger partial charge is 1.00 e. The Bertz CT molecular complexity index is 131. The van der Waals surface area contributed by atoms with Gasteiger partial charge in [0.1, 0.15) is 0 Å². The van der Waals surface area contributed by atoms with Crippen molar-refractivity contribution < 1.29 is 38.3 Å². The summed E-state index contributed by atoms with van der Waals surface area (Å²) in [6.45, 7) is 8.09. The van der Waals surface area contributed by atoms with Crippen LogP contribution < -0.4 is 29.6 Å². The van der Waals surface area contributed by atoms with E-state index in [1.165, 1.54) is 0 Å². The molecule has 0 saturated carbocycles. The third kappa shape index (κ3) is 7.47. The average molecular weight is 186 g/mol. The molecule has 2 unspecified atom stereocenters. The minimum Gasteiger partial charge on any atom is -0.772 e. The van der Waals surface area contributed by atoms with Crippen LogP contribution in [0.4, 0.5) is 0 Å². The molecule has 62 valence electrons. The van der Waals surface area contributed by atoms with E-state index in [-0.39, 0.29) is 46.6 Å². The summed E-state index contributed by atoms with van der Waals surface area (Å²) in [4.78, 5) is 0. The topological polar surface area (TPSA) is 40.1 Å².